The Balaban J connectivity index is 1.24. The van der Waals surface area contributed by atoms with Gasteiger partial charge in [0.25, 0.3) is 5.91 Å². The maximum absolute atomic E-state index is 15.3. The summed E-state index contributed by atoms with van der Waals surface area (Å²) in [5, 5.41) is 19.8. The fourth-order valence-corrected chi connectivity index (χ4v) is 6.84. The number of hydrogen-bond acceptors (Lipinski definition) is 5. The van der Waals surface area contributed by atoms with Gasteiger partial charge < -0.3 is 20.6 Å². The first-order valence-corrected chi connectivity index (χ1v) is 16.1. The second-order valence-electron chi connectivity index (χ2n) is 13.1. The molecular formula is C33H46FN5O4. The summed E-state index contributed by atoms with van der Waals surface area (Å²) in [6.45, 7) is 5.15. The Bertz CT molecular complexity index is 1280. The number of rotatable bonds is 9. The highest BCUT2D eigenvalue weighted by atomic mass is 19.1. The second kappa shape index (κ2) is 14.0. The predicted octanol–water partition coefficient (Wildman–Crippen LogP) is 5.18. The lowest BCUT2D eigenvalue weighted by molar-refractivity contribution is -0.133. The molecule has 1 saturated heterocycles. The van der Waals surface area contributed by atoms with Crippen LogP contribution in [-0.2, 0) is 9.59 Å². The highest BCUT2D eigenvalue weighted by molar-refractivity contribution is 6.01. The van der Waals surface area contributed by atoms with Crippen molar-refractivity contribution in [2.24, 2.45) is 11.8 Å². The van der Waals surface area contributed by atoms with Crippen molar-refractivity contribution in [1.29, 1.82) is 0 Å². The Morgan fingerprint density at radius 2 is 1.74 bits per heavy atom. The van der Waals surface area contributed by atoms with Crippen LogP contribution in [0.15, 0.2) is 30.6 Å². The molecule has 1 aliphatic heterocycles. The summed E-state index contributed by atoms with van der Waals surface area (Å²) in [6, 6.07) is 4.17. The molecule has 3 aliphatic rings. The van der Waals surface area contributed by atoms with Crippen molar-refractivity contribution in [1.82, 2.24) is 20.0 Å². The zero-order chi connectivity index (χ0) is 30.5. The van der Waals surface area contributed by atoms with Crippen molar-refractivity contribution in [2.45, 2.75) is 109 Å². The second-order valence-corrected chi connectivity index (χ2v) is 13.1. The summed E-state index contributed by atoms with van der Waals surface area (Å²) in [5.74, 6) is -1.05. The maximum Gasteiger partial charge on any atom is 0.255 e. The topological polar surface area (TPSA) is 117 Å². The van der Waals surface area contributed by atoms with Gasteiger partial charge in [0, 0.05) is 25.7 Å². The third-order valence-electron chi connectivity index (χ3n) is 9.78. The molecule has 234 valence electrons. The Labute approximate surface area is 253 Å². The third kappa shape index (κ3) is 7.82. The molecule has 3 fully saturated rings. The summed E-state index contributed by atoms with van der Waals surface area (Å²) in [5.41, 5.74) is 1.15. The number of aliphatic hydroxyl groups is 1. The molecule has 2 heterocycles. The molecule has 3 N–H and O–H groups in total. The molecule has 1 aromatic heterocycles. The Hall–Kier alpha value is -3.27. The number of hydrogen-bond donors (Lipinski definition) is 3. The van der Waals surface area contributed by atoms with E-state index in [2.05, 4.69) is 22.7 Å². The van der Waals surface area contributed by atoms with Crippen molar-refractivity contribution < 1.29 is 23.9 Å². The van der Waals surface area contributed by atoms with Crippen LogP contribution < -0.4 is 10.6 Å². The van der Waals surface area contributed by atoms with Gasteiger partial charge in [0.1, 0.15) is 11.9 Å². The fourth-order valence-electron chi connectivity index (χ4n) is 6.84. The summed E-state index contributed by atoms with van der Waals surface area (Å²) < 4.78 is 17.2. The van der Waals surface area contributed by atoms with E-state index in [9.17, 15) is 19.5 Å². The molecule has 0 radical (unpaired) electrons. The van der Waals surface area contributed by atoms with E-state index in [0.717, 1.165) is 51.4 Å². The molecular weight excluding hydrogens is 549 g/mol. The van der Waals surface area contributed by atoms with E-state index in [1.54, 1.807) is 23.4 Å². The minimum Gasteiger partial charge on any atom is -0.393 e. The molecule has 9 nitrogen and oxygen atoms in total. The molecule has 2 aromatic rings. The molecule has 0 spiro atoms. The number of halogens is 1. The van der Waals surface area contributed by atoms with Gasteiger partial charge in [-0.15, -0.1) is 0 Å². The number of piperidine rings is 1. The third-order valence-corrected chi connectivity index (χ3v) is 9.78. The van der Waals surface area contributed by atoms with Crippen LogP contribution in [0.25, 0.3) is 0 Å². The number of carbonyl (C=O) groups is 3. The van der Waals surface area contributed by atoms with Crippen LogP contribution >= 0.6 is 0 Å². The monoisotopic (exact) mass is 595 g/mol. The van der Waals surface area contributed by atoms with Gasteiger partial charge in [-0.1, -0.05) is 45.6 Å². The van der Waals surface area contributed by atoms with Crippen molar-refractivity contribution in [2.75, 3.05) is 18.4 Å². The molecule has 2 atom stereocenters. The lowest BCUT2D eigenvalue weighted by atomic mass is 9.79. The van der Waals surface area contributed by atoms with Gasteiger partial charge in [-0.25, -0.2) is 4.39 Å². The number of aliphatic hydroxyl groups excluding tert-OH is 1. The van der Waals surface area contributed by atoms with Crippen LogP contribution in [0, 0.1) is 17.7 Å². The number of nitrogens with zero attached hydrogens (tertiary/aromatic N) is 3. The number of benzene rings is 1. The van der Waals surface area contributed by atoms with Gasteiger partial charge in [-0.05, 0) is 74.0 Å². The normalized spacial score (nSPS) is 23.1. The lowest BCUT2D eigenvalue weighted by Gasteiger charge is -2.32. The first kappa shape index (κ1) is 31.2. The highest BCUT2D eigenvalue weighted by Gasteiger charge is 2.34. The van der Waals surface area contributed by atoms with Crippen LogP contribution in [0.3, 0.4) is 0 Å². The molecule has 0 bridgehead atoms. The summed E-state index contributed by atoms with van der Waals surface area (Å²) in [7, 11) is 0. The van der Waals surface area contributed by atoms with Crippen molar-refractivity contribution in [3.05, 3.63) is 47.5 Å². The van der Waals surface area contributed by atoms with E-state index >= 15 is 4.39 Å². The molecule has 10 heteroatoms. The largest absolute Gasteiger partial charge is 0.393 e. The van der Waals surface area contributed by atoms with E-state index in [-0.39, 0.29) is 41.9 Å². The number of likely N-dealkylation sites (tertiary alicyclic amines) is 1. The lowest BCUT2D eigenvalue weighted by Crippen LogP contribution is -2.49. The maximum atomic E-state index is 15.3. The molecule has 0 unspecified atom stereocenters. The first-order chi connectivity index (χ1) is 20.7. The minimum atomic E-state index is -0.798. The van der Waals surface area contributed by atoms with Crippen LogP contribution in [0.1, 0.15) is 112 Å². The first-order valence-electron chi connectivity index (χ1n) is 16.1. The number of nitrogens with one attached hydrogen (secondary N) is 2. The highest BCUT2D eigenvalue weighted by Crippen LogP contribution is 2.32. The average molecular weight is 596 g/mol. The van der Waals surface area contributed by atoms with Gasteiger partial charge in [0.2, 0.25) is 11.8 Å². The van der Waals surface area contributed by atoms with E-state index in [1.165, 1.54) is 12.1 Å². The number of amides is 3. The van der Waals surface area contributed by atoms with E-state index in [4.69, 9.17) is 0 Å². The van der Waals surface area contributed by atoms with Gasteiger partial charge in [-0.2, -0.15) is 5.10 Å². The molecule has 3 amide bonds. The van der Waals surface area contributed by atoms with Crippen LogP contribution in [-0.4, -0.2) is 62.7 Å². The summed E-state index contributed by atoms with van der Waals surface area (Å²) in [6.07, 6.45) is 12.4. The molecule has 2 saturated carbocycles. The SMILES string of the molecule is C[C@H](CC(=O)N1CCC(O)CC1)c1ccc(NC(=O)[C@@H](NC(=O)c2cnn(C3CCCC3)c2)[C@H]2CC[C@H](C)CC2)c(F)c1. The van der Waals surface area contributed by atoms with Crippen molar-refractivity contribution in [3.63, 3.8) is 0 Å². The standard InChI is InChI=1S/C33H46FN5O4/c1-21-7-9-23(10-8-21)31(37-32(42)25-19-35-39(20-25)26-5-3-4-6-26)33(43)36-29-12-11-24(18-28(29)34)22(2)17-30(41)38-15-13-27(40)14-16-38/h11-12,18-23,26-27,31,40H,3-10,13-17H2,1-2H3,(H,36,43)(H,37,42)/t21-,22-,23-,31+/m1/s1. The molecule has 1 aromatic carbocycles. The number of carbonyl (C=O) groups excluding carboxylic acids is 3. The van der Waals surface area contributed by atoms with Crippen molar-refractivity contribution >= 4 is 23.4 Å². The summed E-state index contributed by atoms with van der Waals surface area (Å²) >= 11 is 0. The quantitative estimate of drug-likeness (QED) is 0.370. The van der Waals surface area contributed by atoms with E-state index in [1.807, 2.05) is 11.6 Å². The number of aromatic nitrogens is 2. The molecule has 43 heavy (non-hydrogen) atoms. The van der Waals surface area contributed by atoms with Gasteiger partial charge in [-0.3, -0.25) is 19.1 Å². The predicted molar refractivity (Wildman–Crippen MR) is 162 cm³/mol. The van der Waals surface area contributed by atoms with Crippen LogP contribution in [0.5, 0.6) is 0 Å². The van der Waals surface area contributed by atoms with Gasteiger partial charge >= 0.3 is 0 Å². The zero-order valence-corrected chi connectivity index (χ0v) is 25.4. The van der Waals surface area contributed by atoms with Gasteiger partial charge in [0.05, 0.1) is 29.6 Å². The average Bonchev–Trinajstić information content (AvgIpc) is 3.70. The zero-order valence-electron chi connectivity index (χ0n) is 25.4. The molecule has 2 aliphatic carbocycles. The van der Waals surface area contributed by atoms with Crippen LogP contribution in [0.2, 0.25) is 0 Å². The minimum absolute atomic E-state index is 0.00800. The summed E-state index contributed by atoms with van der Waals surface area (Å²) in [4.78, 5) is 41.4. The van der Waals surface area contributed by atoms with E-state index in [0.29, 0.717) is 49.0 Å². The van der Waals surface area contributed by atoms with Crippen molar-refractivity contribution in [3.8, 4) is 0 Å². The fraction of sp³-hybridized carbons (Fsp3) is 0.636. The van der Waals surface area contributed by atoms with E-state index < -0.39 is 17.8 Å². The van der Waals surface area contributed by atoms with Crippen LogP contribution in [0.4, 0.5) is 10.1 Å². The number of anilines is 1. The van der Waals surface area contributed by atoms with Gasteiger partial charge in [0.15, 0.2) is 0 Å². The Morgan fingerprint density at radius 1 is 1.05 bits per heavy atom. The Morgan fingerprint density at radius 3 is 2.42 bits per heavy atom. The smallest absolute Gasteiger partial charge is 0.255 e. The molecule has 5 rings (SSSR count). The Kier molecular flexibility index (Phi) is 10.2.